The Morgan fingerprint density at radius 2 is 2.14 bits per heavy atom. The molecule has 0 saturated carbocycles. The number of hydrogen-bond donors (Lipinski definition) is 0. The standard InChI is InChI=1S/C11H13N2O/c1-9(10-5-3-2-4-6-10)13-11-12-7-8-14-11/h2-6,9H,7-8H2,1H3/t9-/m1/s1. The monoisotopic (exact) mass is 189 g/mol. The molecule has 1 aliphatic rings. The molecule has 1 aromatic rings. The molecular formula is C11H13N2O. The third-order valence-electron chi connectivity index (χ3n) is 2.16. The highest BCUT2D eigenvalue weighted by Crippen LogP contribution is 2.16. The second-order valence-electron chi connectivity index (χ2n) is 3.23. The second-order valence-corrected chi connectivity index (χ2v) is 3.23. The largest absolute Gasteiger partial charge is 0.462 e. The minimum atomic E-state index is 0.119. The Balaban J connectivity index is 2.08. The van der Waals surface area contributed by atoms with Gasteiger partial charge in [-0.25, -0.2) is 10.3 Å². The molecule has 0 N–H and O–H groups in total. The molecule has 1 fully saturated rings. The number of nitrogens with zero attached hydrogens (tertiary/aromatic N) is 2. The van der Waals surface area contributed by atoms with E-state index >= 15 is 0 Å². The van der Waals surface area contributed by atoms with E-state index in [4.69, 9.17) is 4.74 Å². The van der Waals surface area contributed by atoms with E-state index in [1.54, 1.807) is 0 Å². The molecular weight excluding hydrogens is 176 g/mol. The van der Waals surface area contributed by atoms with Crippen molar-refractivity contribution in [3.05, 3.63) is 35.9 Å². The minimum Gasteiger partial charge on any atom is -0.462 e. The average molecular weight is 189 g/mol. The summed E-state index contributed by atoms with van der Waals surface area (Å²) in [5, 5.41) is 4.13. The fourth-order valence-corrected chi connectivity index (χ4v) is 1.37. The summed E-state index contributed by atoms with van der Waals surface area (Å²) in [6, 6.07) is 10.8. The third kappa shape index (κ3) is 2.05. The first-order chi connectivity index (χ1) is 6.86. The lowest BCUT2D eigenvalue weighted by molar-refractivity contribution is 0.349. The molecule has 0 spiro atoms. The van der Waals surface area contributed by atoms with Gasteiger partial charge in [0.15, 0.2) is 0 Å². The lowest BCUT2D eigenvalue weighted by Gasteiger charge is -2.06. The summed E-state index contributed by atoms with van der Waals surface area (Å²) in [7, 11) is 0. The Labute approximate surface area is 83.8 Å². The van der Waals surface area contributed by atoms with Gasteiger partial charge in [-0.1, -0.05) is 30.3 Å². The Bertz CT molecular complexity index is 313. The molecule has 0 aromatic heterocycles. The normalized spacial score (nSPS) is 20.2. The first kappa shape index (κ1) is 9.06. The summed E-state index contributed by atoms with van der Waals surface area (Å²) in [5.41, 5.74) is 1.19. The van der Waals surface area contributed by atoms with Crippen molar-refractivity contribution in [1.29, 1.82) is 0 Å². The minimum absolute atomic E-state index is 0.119. The van der Waals surface area contributed by atoms with Gasteiger partial charge in [-0.3, -0.25) is 0 Å². The van der Waals surface area contributed by atoms with Gasteiger partial charge in [0.25, 0.3) is 0 Å². The van der Waals surface area contributed by atoms with Gasteiger partial charge in [-0.2, -0.15) is 0 Å². The van der Waals surface area contributed by atoms with Crippen molar-refractivity contribution in [3.63, 3.8) is 0 Å². The fourth-order valence-electron chi connectivity index (χ4n) is 1.37. The van der Waals surface area contributed by atoms with Gasteiger partial charge in [0.05, 0.1) is 12.6 Å². The first-order valence-corrected chi connectivity index (χ1v) is 4.79. The van der Waals surface area contributed by atoms with Crippen LogP contribution in [0.1, 0.15) is 18.5 Å². The number of amidine groups is 1. The van der Waals surface area contributed by atoms with Crippen molar-refractivity contribution in [1.82, 2.24) is 5.32 Å². The van der Waals surface area contributed by atoms with Crippen molar-refractivity contribution < 1.29 is 4.74 Å². The van der Waals surface area contributed by atoms with Gasteiger partial charge in [0.1, 0.15) is 6.61 Å². The van der Waals surface area contributed by atoms with Crippen molar-refractivity contribution in [2.24, 2.45) is 4.99 Å². The van der Waals surface area contributed by atoms with Crippen molar-refractivity contribution in [3.8, 4) is 0 Å². The lowest BCUT2D eigenvalue weighted by atomic mass is 10.1. The molecule has 0 unspecified atom stereocenters. The van der Waals surface area contributed by atoms with Crippen molar-refractivity contribution in [2.75, 3.05) is 13.2 Å². The van der Waals surface area contributed by atoms with Gasteiger partial charge < -0.3 is 4.74 Å². The zero-order valence-electron chi connectivity index (χ0n) is 8.18. The van der Waals surface area contributed by atoms with Gasteiger partial charge in [-0.05, 0) is 12.5 Å². The molecule has 0 bridgehead atoms. The Morgan fingerprint density at radius 3 is 2.79 bits per heavy atom. The molecule has 1 atom stereocenters. The molecule has 1 saturated heterocycles. The lowest BCUT2D eigenvalue weighted by Crippen LogP contribution is -2.08. The summed E-state index contributed by atoms with van der Waals surface area (Å²) in [6.07, 6.45) is 0. The number of rotatable bonds is 2. The summed E-state index contributed by atoms with van der Waals surface area (Å²) in [5.74, 6) is 0. The zero-order valence-corrected chi connectivity index (χ0v) is 8.18. The van der Waals surface area contributed by atoms with Crippen LogP contribution in [0.15, 0.2) is 35.3 Å². The van der Waals surface area contributed by atoms with E-state index in [0.717, 1.165) is 6.54 Å². The zero-order chi connectivity index (χ0) is 9.80. The van der Waals surface area contributed by atoms with Crippen LogP contribution in [-0.2, 0) is 4.74 Å². The van der Waals surface area contributed by atoms with Crippen LogP contribution in [0.25, 0.3) is 0 Å². The molecule has 1 aromatic carbocycles. The van der Waals surface area contributed by atoms with Crippen LogP contribution in [0.2, 0.25) is 0 Å². The summed E-state index contributed by atoms with van der Waals surface area (Å²) in [6.45, 7) is 3.44. The van der Waals surface area contributed by atoms with Gasteiger partial charge >= 0.3 is 6.02 Å². The third-order valence-corrected chi connectivity index (χ3v) is 2.16. The molecule has 73 valence electrons. The summed E-state index contributed by atoms with van der Waals surface area (Å²) >= 11 is 0. The SMILES string of the molecule is C[C@@H](N=C1[N]CCO1)c1ccccc1. The molecule has 3 heteroatoms. The number of aliphatic imine (C=N–C) groups is 1. The number of ether oxygens (including phenoxy) is 1. The highest BCUT2D eigenvalue weighted by molar-refractivity contribution is 5.75. The van der Waals surface area contributed by atoms with Crippen LogP contribution in [0.3, 0.4) is 0 Å². The fraction of sp³-hybridized carbons (Fsp3) is 0.364. The molecule has 2 rings (SSSR count). The smallest absolute Gasteiger partial charge is 0.307 e. The summed E-state index contributed by atoms with van der Waals surface area (Å²) in [4.78, 5) is 4.37. The van der Waals surface area contributed by atoms with Crippen LogP contribution < -0.4 is 5.32 Å². The van der Waals surface area contributed by atoms with Gasteiger partial charge in [0.2, 0.25) is 0 Å². The second kappa shape index (κ2) is 4.13. The van der Waals surface area contributed by atoms with Crippen LogP contribution in [0, 0.1) is 0 Å². The predicted octanol–water partition coefficient (Wildman–Crippen LogP) is 1.74. The van der Waals surface area contributed by atoms with Crippen LogP contribution in [-0.4, -0.2) is 19.2 Å². The quantitative estimate of drug-likeness (QED) is 0.698. The van der Waals surface area contributed by atoms with Crippen molar-refractivity contribution >= 4 is 6.02 Å². The predicted molar refractivity (Wildman–Crippen MR) is 55.2 cm³/mol. The summed E-state index contributed by atoms with van der Waals surface area (Å²) < 4.78 is 5.23. The average Bonchev–Trinajstić information content (AvgIpc) is 2.72. The van der Waals surface area contributed by atoms with Crippen molar-refractivity contribution in [2.45, 2.75) is 13.0 Å². The topological polar surface area (TPSA) is 35.7 Å². The Kier molecular flexibility index (Phi) is 2.68. The van der Waals surface area contributed by atoms with E-state index < -0.39 is 0 Å². The molecule has 1 aliphatic heterocycles. The van der Waals surface area contributed by atoms with Gasteiger partial charge in [-0.15, -0.1) is 0 Å². The van der Waals surface area contributed by atoms with E-state index in [1.165, 1.54) is 5.56 Å². The molecule has 1 heterocycles. The molecule has 0 amide bonds. The van der Waals surface area contributed by atoms with Crippen LogP contribution in [0.4, 0.5) is 0 Å². The van der Waals surface area contributed by atoms with E-state index in [9.17, 15) is 0 Å². The number of benzene rings is 1. The van der Waals surface area contributed by atoms with Gasteiger partial charge in [0, 0.05) is 0 Å². The van der Waals surface area contributed by atoms with E-state index in [-0.39, 0.29) is 6.04 Å². The molecule has 1 radical (unpaired) electrons. The first-order valence-electron chi connectivity index (χ1n) is 4.79. The maximum absolute atomic E-state index is 5.23. The maximum Gasteiger partial charge on any atom is 0.307 e. The maximum atomic E-state index is 5.23. The molecule has 14 heavy (non-hydrogen) atoms. The highest BCUT2D eigenvalue weighted by atomic mass is 16.5. The molecule has 3 nitrogen and oxygen atoms in total. The van der Waals surface area contributed by atoms with E-state index in [2.05, 4.69) is 22.4 Å². The van der Waals surface area contributed by atoms with Crippen LogP contribution >= 0.6 is 0 Å². The number of hydrogen-bond acceptors (Lipinski definition) is 2. The highest BCUT2D eigenvalue weighted by Gasteiger charge is 2.12. The molecule has 0 aliphatic carbocycles. The Morgan fingerprint density at radius 1 is 1.36 bits per heavy atom. The van der Waals surface area contributed by atoms with E-state index in [0.29, 0.717) is 12.6 Å². The van der Waals surface area contributed by atoms with Crippen LogP contribution in [0.5, 0.6) is 0 Å². The Hall–Kier alpha value is -1.51. The van der Waals surface area contributed by atoms with E-state index in [1.807, 2.05) is 25.1 Å².